The first kappa shape index (κ1) is 51.6. The van der Waals surface area contributed by atoms with Crippen LogP contribution in [0.25, 0.3) is 121 Å². The number of nitrogens with zero attached hydrogens (tertiary/aromatic N) is 3. The second-order valence-electron chi connectivity index (χ2n) is 25.1. The van der Waals surface area contributed by atoms with Crippen molar-refractivity contribution in [1.29, 1.82) is 0 Å². The van der Waals surface area contributed by atoms with Gasteiger partial charge >= 0.3 is 0 Å². The van der Waals surface area contributed by atoms with E-state index in [4.69, 9.17) is 0 Å². The molecule has 2 aromatic heterocycles. The Balaban J connectivity index is 0.991. The van der Waals surface area contributed by atoms with Crippen molar-refractivity contribution in [2.45, 2.75) is 36.0 Å². The minimum atomic E-state index is -0.161. The molecule has 418 valence electrons. The number of rotatable bonds is 7. The summed E-state index contributed by atoms with van der Waals surface area (Å²) in [6, 6.07) is 112. The summed E-state index contributed by atoms with van der Waals surface area (Å²) in [5, 5.41) is 9.91. The molecule has 0 saturated heterocycles. The van der Waals surface area contributed by atoms with Crippen molar-refractivity contribution >= 4 is 117 Å². The molecule has 0 amide bonds. The number of hydrogen-bond donors (Lipinski definition) is 0. The van der Waals surface area contributed by atoms with Gasteiger partial charge < -0.3 is 14.0 Å². The third kappa shape index (κ3) is 7.94. The van der Waals surface area contributed by atoms with Gasteiger partial charge in [0.15, 0.2) is 0 Å². The van der Waals surface area contributed by atoms with Gasteiger partial charge in [0.2, 0.25) is 6.71 Å². The average Bonchev–Trinajstić information content (AvgIpc) is 0.799. The molecule has 5 heteroatoms. The smallest absolute Gasteiger partial charge is 0.249 e. The minimum Gasteiger partial charge on any atom is -0.310 e. The highest BCUT2D eigenvalue weighted by Gasteiger charge is 2.43. The van der Waals surface area contributed by atoms with Gasteiger partial charge in [0.25, 0.3) is 0 Å². The summed E-state index contributed by atoms with van der Waals surface area (Å²) >= 11 is 1.92. The van der Waals surface area contributed by atoms with Crippen LogP contribution in [0, 0.1) is 0 Å². The number of hydrogen-bond acceptors (Lipinski definition) is 2. The second kappa shape index (κ2) is 20.0. The van der Waals surface area contributed by atoms with Crippen LogP contribution in [0.15, 0.2) is 307 Å². The van der Waals surface area contributed by atoms with Gasteiger partial charge in [-0.1, -0.05) is 269 Å². The van der Waals surface area contributed by atoms with Crippen LogP contribution in [0.3, 0.4) is 0 Å². The van der Waals surface area contributed by atoms with Crippen LogP contribution in [0.5, 0.6) is 0 Å². The SMILES string of the molecule is CC(C)(C)c1cc(-c2ccccc2)c(N2c3cc(-c4c5ccccc5c(-c5ccccc5)c5ccccc45)ccc3B3c4ccc(-n5c6ccccc6c6ccccc65)cc4Sc4cc(-n5c6ccccc6c6ccccc65)cc2c43)c(-c2ccccc2)c1. The topological polar surface area (TPSA) is 13.1 Å². The summed E-state index contributed by atoms with van der Waals surface area (Å²) in [6.07, 6.45) is 0. The Labute approximate surface area is 522 Å². The third-order valence-electron chi connectivity index (χ3n) is 19.1. The summed E-state index contributed by atoms with van der Waals surface area (Å²) in [5.74, 6) is 0. The van der Waals surface area contributed by atoms with E-state index < -0.39 is 0 Å². The normalized spacial score (nSPS) is 12.8. The Morgan fingerprint density at radius 3 is 1.20 bits per heavy atom. The standard InChI is InChI=1S/C84H58BN3S/c1-84(2,3)57-48-68(53-25-7-4-8-26-53)83(69(49-57)54-27-9-5-10-28-54)88-76-47-56(81-66-37-15-13-35-64(66)80(55-29-11-6-12-30-55)65-36-14-16-38-67(65)81)43-45-70(76)85-71-46-44-58(86-72-39-21-17-31-60(72)61-32-18-22-40-73(61)86)51-78(71)89-79-52-59(50-77(88)82(79)85)87-74-41-23-19-33-62(74)63-34-20-24-42-75(63)87/h4-52H,1-3H3. The maximum absolute atomic E-state index is 2.71. The third-order valence-corrected chi connectivity index (χ3v) is 20.2. The Kier molecular flexibility index (Phi) is 11.6. The lowest BCUT2D eigenvalue weighted by Gasteiger charge is -2.42. The maximum atomic E-state index is 2.71. The lowest BCUT2D eigenvalue weighted by atomic mass is 9.34. The number of para-hydroxylation sites is 4. The van der Waals surface area contributed by atoms with Crippen molar-refractivity contribution in [2.24, 2.45) is 0 Å². The van der Waals surface area contributed by atoms with Crippen molar-refractivity contribution in [1.82, 2.24) is 9.13 Å². The lowest BCUT2D eigenvalue weighted by molar-refractivity contribution is 0.591. The lowest BCUT2D eigenvalue weighted by Crippen LogP contribution is -2.60. The molecule has 0 spiro atoms. The molecule has 4 heterocycles. The number of fused-ring (bicyclic) bond motifs is 12. The van der Waals surface area contributed by atoms with Crippen LogP contribution in [-0.4, -0.2) is 15.8 Å². The Hall–Kier alpha value is -10.6. The summed E-state index contributed by atoms with van der Waals surface area (Å²) in [6.45, 7) is 6.94. The van der Waals surface area contributed by atoms with Gasteiger partial charge in [0.1, 0.15) is 0 Å². The first-order valence-electron chi connectivity index (χ1n) is 31.0. The molecule has 2 aliphatic heterocycles. The van der Waals surface area contributed by atoms with Gasteiger partial charge in [0, 0.05) is 65.2 Å². The van der Waals surface area contributed by atoms with Crippen LogP contribution in [-0.2, 0) is 5.41 Å². The fraction of sp³-hybridized carbons (Fsp3) is 0.0476. The minimum absolute atomic E-state index is 0.112. The average molecular weight is 1150 g/mol. The van der Waals surface area contributed by atoms with E-state index in [0.717, 1.165) is 22.7 Å². The quantitative estimate of drug-likeness (QED) is 0.117. The molecule has 0 fully saturated rings. The zero-order valence-corrected chi connectivity index (χ0v) is 50.4. The molecule has 0 aliphatic carbocycles. The van der Waals surface area contributed by atoms with Crippen LogP contribution >= 0.6 is 11.8 Å². The second-order valence-corrected chi connectivity index (χ2v) is 26.2. The van der Waals surface area contributed by atoms with E-state index in [2.05, 4.69) is 332 Å². The van der Waals surface area contributed by atoms with E-state index in [0.29, 0.717) is 0 Å². The highest BCUT2D eigenvalue weighted by atomic mass is 32.2. The highest BCUT2D eigenvalue weighted by molar-refractivity contribution is 8.00. The molecular weight excluding hydrogens is 1090 g/mol. The van der Waals surface area contributed by atoms with Gasteiger partial charge in [-0.2, -0.15) is 0 Å². The van der Waals surface area contributed by atoms with Gasteiger partial charge in [-0.3, -0.25) is 0 Å². The monoisotopic (exact) mass is 1150 g/mol. The Morgan fingerprint density at radius 1 is 0.315 bits per heavy atom. The molecule has 3 nitrogen and oxygen atoms in total. The fourth-order valence-electron chi connectivity index (χ4n) is 15.1. The van der Waals surface area contributed by atoms with Crippen LogP contribution in [0.1, 0.15) is 26.3 Å². The van der Waals surface area contributed by atoms with E-state index >= 15 is 0 Å². The van der Waals surface area contributed by atoms with Gasteiger partial charge in [-0.25, -0.2) is 0 Å². The summed E-state index contributed by atoms with van der Waals surface area (Å²) in [5.41, 5.74) is 25.1. The summed E-state index contributed by atoms with van der Waals surface area (Å²) < 4.78 is 5.00. The van der Waals surface area contributed by atoms with Crippen molar-refractivity contribution in [3.8, 4) is 55.9 Å². The van der Waals surface area contributed by atoms with Gasteiger partial charge in [-0.15, -0.1) is 0 Å². The molecular formula is C84H58BN3S. The number of benzene rings is 14. The predicted molar refractivity (Wildman–Crippen MR) is 380 cm³/mol. The highest BCUT2D eigenvalue weighted by Crippen LogP contribution is 2.53. The molecule has 0 atom stereocenters. The molecule has 14 aromatic carbocycles. The van der Waals surface area contributed by atoms with Gasteiger partial charge in [0.05, 0.1) is 27.8 Å². The molecule has 89 heavy (non-hydrogen) atoms. The summed E-state index contributed by atoms with van der Waals surface area (Å²) in [4.78, 5) is 5.22. The molecule has 2 aliphatic rings. The zero-order chi connectivity index (χ0) is 59.1. The number of aromatic nitrogens is 2. The van der Waals surface area contributed by atoms with E-state index in [1.54, 1.807) is 0 Å². The molecule has 16 aromatic rings. The fourth-order valence-corrected chi connectivity index (χ4v) is 16.4. The molecule has 0 N–H and O–H groups in total. The molecule has 0 bridgehead atoms. The largest absolute Gasteiger partial charge is 0.310 e. The first-order valence-corrected chi connectivity index (χ1v) is 31.8. The molecule has 0 unspecified atom stereocenters. The first-order chi connectivity index (χ1) is 43.8. The van der Waals surface area contributed by atoms with Crippen molar-refractivity contribution in [3.63, 3.8) is 0 Å². The Morgan fingerprint density at radius 2 is 0.719 bits per heavy atom. The van der Waals surface area contributed by atoms with Crippen LogP contribution in [0.2, 0.25) is 0 Å². The van der Waals surface area contributed by atoms with Crippen molar-refractivity contribution < 1.29 is 0 Å². The maximum Gasteiger partial charge on any atom is 0.249 e. The Bertz CT molecular complexity index is 5360. The van der Waals surface area contributed by atoms with Gasteiger partial charge in [-0.05, 0) is 144 Å². The van der Waals surface area contributed by atoms with Crippen molar-refractivity contribution in [2.75, 3.05) is 4.90 Å². The van der Waals surface area contributed by atoms with Crippen LogP contribution < -0.4 is 21.3 Å². The van der Waals surface area contributed by atoms with Crippen LogP contribution in [0.4, 0.5) is 17.1 Å². The number of anilines is 3. The molecule has 0 radical (unpaired) electrons. The molecule has 18 rings (SSSR count). The van der Waals surface area contributed by atoms with E-state index in [1.165, 1.54) is 147 Å². The summed E-state index contributed by atoms with van der Waals surface area (Å²) in [7, 11) is 0. The zero-order valence-electron chi connectivity index (χ0n) is 49.6. The van der Waals surface area contributed by atoms with E-state index in [9.17, 15) is 0 Å². The van der Waals surface area contributed by atoms with Crippen molar-refractivity contribution in [3.05, 3.63) is 303 Å². The van der Waals surface area contributed by atoms with E-state index in [1.807, 2.05) is 11.8 Å². The molecule has 0 saturated carbocycles. The predicted octanol–water partition coefficient (Wildman–Crippen LogP) is 20.9. The van der Waals surface area contributed by atoms with E-state index in [-0.39, 0.29) is 12.1 Å².